The molecule has 0 unspecified atom stereocenters. The first-order chi connectivity index (χ1) is 8.75. The summed E-state index contributed by atoms with van der Waals surface area (Å²) in [6.45, 7) is 8.36. The van der Waals surface area contributed by atoms with E-state index < -0.39 is 6.04 Å². The molecule has 0 fully saturated rings. The number of hydrogen-bond acceptors (Lipinski definition) is 3. The highest BCUT2D eigenvalue weighted by Crippen LogP contribution is 2.18. The molecule has 106 valence electrons. The van der Waals surface area contributed by atoms with Crippen LogP contribution < -0.4 is 16.6 Å². The first-order valence-corrected chi connectivity index (χ1v) is 6.52. The molecule has 0 saturated carbocycles. The lowest BCUT2D eigenvalue weighted by molar-refractivity contribution is -0.119. The van der Waals surface area contributed by atoms with Gasteiger partial charge in [0.15, 0.2) is 0 Å². The molecule has 19 heavy (non-hydrogen) atoms. The number of carbonyl (C=O) groups is 1. The summed E-state index contributed by atoms with van der Waals surface area (Å²) in [6, 6.07) is 2.45. The second-order valence-electron chi connectivity index (χ2n) is 5.78. The van der Waals surface area contributed by atoms with Crippen LogP contribution in [0.25, 0.3) is 0 Å². The van der Waals surface area contributed by atoms with E-state index >= 15 is 0 Å². The lowest BCUT2D eigenvalue weighted by Crippen LogP contribution is -2.45. The first-order valence-electron chi connectivity index (χ1n) is 6.52. The van der Waals surface area contributed by atoms with Gasteiger partial charge in [-0.2, -0.15) is 0 Å². The lowest BCUT2D eigenvalue weighted by Gasteiger charge is -2.25. The number of anilines is 1. The average molecular weight is 265 g/mol. The Kier molecular flexibility index (Phi) is 4.89. The van der Waals surface area contributed by atoms with E-state index in [4.69, 9.17) is 5.73 Å². The molecular formula is C14H23N3O2. The van der Waals surface area contributed by atoms with Crippen molar-refractivity contribution >= 4 is 11.6 Å². The summed E-state index contributed by atoms with van der Waals surface area (Å²) >= 11 is 0. The Morgan fingerprint density at radius 3 is 2.58 bits per heavy atom. The molecule has 1 rings (SSSR count). The second kappa shape index (κ2) is 6.02. The van der Waals surface area contributed by atoms with Crippen LogP contribution in [-0.4, -0.2) is 16.5 Å². The Hall–Kier alpha value is -1.62. The number of aryl methyl sites for hydroxylation is 1. The molecule has 1 heterocycles. The molecule has 1 atom stereocenters. The number of carbonyl (C=O) groups excluding carboxylic acids is 1. The van der Waals surface area contributed by atoms with Crippen molar-refractivity contribution in [2.45, 2.75) is 46.7 Å². The Balaban J connectivity index is 2.86. The van der Waals surface area contributed by atoms with Gasteiger partial charge in [-0.3, -0.25) is 9.59 Å². The van der Waals surface area contributed by atoms with Crippen molar-refractivity contribution in [2.75, 3.05) is 5.32 Å². The highest BCUT2D eigenvalue weighted by atomic mass is 16.2. The van der Waals surface area contributed by atoms with Crippen molar-refractivity contribution in [3.05, 3.63) is 28.7 Å². The lowest BCUT2D eigenvalue weighted by atomic mass is 9.87. The maximum atomic E-state index is 12.0. The van der Waals surface area contributed by atoms with Crippen molar-refractivity contribution in [3.63, 3.8) is 0 Å². The van der Waals surface area contributed by atoms with Crippen LogP contribution in [0.15, 0.2) is 23.1 Å². The Morgan fingerprint density at radius 1 is 1.42 bits per heavy atom. The van der Waals surface area contributed by atoms with Crippen LogP contribution in [0.4, 0.5) is 5.69 Å². The van der Waals surface area contributed by atoms with Gasteiger partial charge >= 0.3 is 0 Å². The smallest absolute Gasteiger partial charge is 0.250 e. The topological polar surface area (TPSA) is 77.1 Å². The number of nitrogens with zero attached hydrogens (tertiary/aromatic N) is 1. The molecule has 0 aliphatic rings. The van der Waals surface area contributed by atoms with Crippen LogP contribution in [0.5, 0.6) is 0 Å². The Labute approximate surface area is 113 Å². The molecule has 0 spiro atoms. The van der Waals surface area contributed by atoms with Crippen molar-refractivity contribution < 1.29 is 4.79 Å². The van der Waals surface area contributed by atoms with Gasteiger partial charge in [0.1, 0.15) is 0 Å². The summed E-state index contributed by atoms with van der Waals surface area (Å²) < 4.78 is 1.58. The molecule has 5 nitrogen and oxygen atoms in total. The van der Waals surface area contributed by atoms with Crippen molar-refractivity contribution in [1.82, 2.24) is 4.57 Å². The molecule has 1 amide bonds. The van der Waals surface area contributed by atoms with Gasteiger partial charge in [0.05, 0.1) is 11.7 Å². The van der Waals surface area contributed by atoms with Crippen molar-refractivity contribution in [1.29, 1.82) is 0 Å². The Bertz CT molecular complexity index is 500. The SMILES string of the molecule is CCCn1cc(NC(=O)[C@@H](N)C(C)(C)C)ccc1=O. The predicted molar refractivity (Wildman–Crippen MR) is 77.1 cm³/mol. The number of aromatic nitrogens is 1. The van der Waals surface area contributed by atoms with E-state index in [1.807, 2.05) is 27.7 Å². The van der Waals surface area contributed by atoms with Gasteiger partial charge < -0.3 is 15.6 Å². The van der Waals surface area contributed by atoms with Crippen LogP contribution >= 0.6 is 0 Å². The number of pyridine rings is 1. The summed E-state index contributed by atoms with van der Waals surface area (Å²) in [5.74, 6) is -0.241. The number of hydrogen-bond donors (Lipinski definition) is 2. The maximum absolute atomic E-state index is 12.0. The van der Waals surface area contributed by atoms with Gasteiger partial charge in [-0.15, -0.1) is 0 Å². The van der Waals surface area contributed by atoms with E-state index in [1.165, 1.54) is 6.07 Å². The fraction of sp³-hybridized carbons (Fsp3) is 0.571. The highest BCUT2D eigenvalue weighted by Gasteiger charge is 2.27. The third-order valence-corrected chi connectivity index (χ3v) is 2.93. The van der Waals surface area contributed by atoms with Crippen molar-refractivity contribution in [2.24, 2.45) is 11.1 Å². The molecule has 0 aliphatic heterocycles. The minimum absolute atomic E-state index is 0.0695. The molecule has 0 bridgehead atoms. The van der Waals surface area contributed by atoms with Crippen LogP contribution in [0, 0.1) is 5.41 Å². The van der Waals surface area contributed by atoms with E-state index in [0.717, 1.165) is 6.42 Å². The van der Waals surface area contributed by atoms with Crippen LogP contribution in [0.1, 0.15) is 34.1 Å². The highest BCUT2D eigenvalue weighted by molar-refractivity contribution is 5.95. The van der Waals surface area contributed by atoms with E-state index in [0.29, 0.717) is 12.2 Å². The molecule has 0 radical (unpaired) electrons. The van der Waals surface area contributed by atoms with Crippen LogP contribution in [0.2, 0.25) is 0 Å². The minimum Gasteiger partial charge on any atom is -0.323 e. The zero-order valence-corrected chi connectivity index (χ0v) is 12.1. The molecule has 0 saturated heterocycles. The van der Waals surface area contributed by atoms with Crippen molar-refractivity contribution in [3.8, 4) is 0 Å². The molecule has 0 aliphatic carbocycles. The maximum Gasteiger partial charge on any atom is 0.250 e. The zero-order chi connectivity index (χ0) is 14.6. The normalized spacial score (nSPS) is 13.1. The number of rotatable bonds is 4. The Morgan fingerprint density at radius 2 is 2.05 bits per heavy atom. The molecule has 5 heteroatoms. The second-order valence-corrected chi connectivity index (χ2v) is 5.78. The van der Waals surface area contributed by atoms with Gasteiger partial charge in [0.2, 0.25) is 5.91 Å². The fourth-order valence-corrected chi connectivity index (χ4v) is 1.63. The van der Waals surface area contributed by atoms with Gasteiger partial charge in [0, 0.05) is 18.8 Å². The molecule has 1 aromatic heterocycles. The van der Waals surface area contributed by atoms with Gasteiger partial charge in [-0.25, -0.2) is 0 Å². The van der Waals surface area contributed by atoms with Gasteiger partial charge in [-0.1, -0.05) is 27.7 Å². The zero-order valence-electron chi connectivity index (χ0n) is 12.1. The largest absolute Gasteiger partial charge is 0.323 e. The quantitative estimate of drug-likeness (QED) is 0.867. The first kappa shape index (κ1) is 15.4. The predicted octanol–water partition coefficient (Wildman–Crippen LogP) is 1.57. The standard InChI is InChI=1S/C14H23N3O2/c1-5-8-17-9-10(6-7-11(17)18)16-13(19)12(15)14(2,3)4/h6-7,9,12H,5,8,15H2,1-4H3,(H,16,19)/t12-/m1/s1. The summed E-state index contributed by atoms with van der Waals surface area (Å²) in [7, 11) is 0. The van der Waals surface area contributed by atoms with Gasteiger partial charge in [0.25, 0.3) is 5.56 Å². The minimum atomic E-state index is -0.598. The number of nitrogens with one attached hydrogen (secondary N) is 1. The average Bonchev–Trinajstić information content (AvgIpc) is 2.31. The number of amides is 1. The van der Waals surface area contributed by atoms with E-state index in [2.05, 4.69) is 5.32 Å². The molecule has 1 aromatic rings. The third kappa shape index (κ3) is 4.21. The van der Waals surface area contributed by atoms with E-state index in [1.54, 1.807) is 16.8 Å². The van der Waals surface area contributed by atoms with E-state index in [9.17, 15) is 9.59 Å². The monoisotopic (exact) mass is 265 g/mol. The van der Waals surface area contributed by atoms with Crippen LogP contribution in [-0.2, 0) is 11.3 Å². The summed E-state index contributed by atoms with van der Waals surface area (Å²) in [6.07, 6.45) is 2.51. The van der Waals surface area contributed by atoms with Gasteiger partial charge in [-0.05, 0) is 17.9 Å². The summed E-state index contributed by atoms with van der Waals surface area (Å²) in [5, 5.41) is 2.75. The molecule has 3 N–H and O–H groups in total. The third-order valence-electron chi connectivity index (χ3n) is 2.93. The van der Waals surface area contributed by atoms with E-state index in [-0.39, 0.29) is 16.9 Å². The van der Waals surface area contributed by atoms with Crippen LogP contribution in [0.3, 0.4) is 0 Å². The summed E-state index contributed by atoms with van der Waals surface area (Å²) in [5.41, 5.74) is 6.11. The molecular weight excluding hydrogens is 242 g/mol. The number of nitrogens with two attached hydrogens (primary N) is 1. The molecule has 0 aromatic carbocycles. The summed E-state index contributed by atoms with van der Waals surface area (Å²) in [4.78, 5) is 23.6. The fourth-order valence-electron chi connectivity index (χ4n) is 1.63.